The minimum atomic E-state index is -0.188. The van der Waals surface area contributed by atoms with Crippen LogP contribution >= 0.6 is 0 Å². The summed E-state index contributed by atoms with van der Waals surface area (Å²) in [5.74, 6) is 0.257. The molecule has 4 heteroatoms. The largest absolute Gasteiger partial charge is 0.370 e. The molecule has 0 atom stereocenters. The average molecular weight is 237 g/mol. The van der Waals surface area contributed by atoms with Gasteiger partial charge in [-0.2, -0.15) is 0 Å². The molecule has 1 aromatic rings. The molecular weight excluding hydrogens is 217 g/mol. The van der Waals surface area contributed by atoms with Gasteiger partial charge in [-0.1, -0.05) is 25.5 Å². The fourth-order valence-electron chi connectivity index (χ4n) is 1.43. The molecular formula is C13H20FN3. The van der Waals surface area contributed by atoms with Crippen LogP contribution in [0.15, 0.2) is 23.2 Å². The predicted octanol–water partition coefficient (Wildman–Crippen LogP) is 2.34. The highest BCUT2D eigenvalue weighted by molar-refractivity contribution is 5.77. The van der Waals surface area contributed by atoms with Gasteiger partial charge in [-0.3, -0.25) is 0 Å². The van der Waals surface area contributed by atoms with Crippen molar-refractivity contribution in [3.05, 3.63) is 35.1 Å². The van der Waals surface area contributed by atoms with Crippen LogP contribution in [0.1, 0.15) is 30.9 Å². The van der Waals surface area contributed by atoms with Gasteiger partial charge in [-0.15, -0.1) is 0 Å². The number of benzene rings is 1. The van der Waals surface area contributed by atoms with Gasteiger partial charge in [0.15, 0.2) is 5.96 Å². The topological polar surface area (TPSA) is 50.4 Å². The summed E-state index contributed by atoms with van der Waals surface area (Å²) in [6.07, 6.45) is 2.20. The van der Waals surface area contributed by atoms with Gasteiger partial charge in [0.2, 0.25) is 0 Å². The zero-order chi connectivity index (χ0) is 12.7. The Kier molecular flexibility index (Phi) is 5.46. The number of rotatable bonds is 5. The molecule has 0 unspecified atom stereocenters. The van der Waals surface area contributed by atoms with Crippen LogP contribution in [0.25, 0.3) is 0 Å². The van der Waals surface area contributed by atoms with E-state index < -0.39 is 0 Å². The highest BCUT2D eigenvalue weighted by Crippen LogP contribution is 2.09. The Morgan fingerprint density at radius 1 is 1.47 bits per heavy atom. The van der Waals surface area contributed by atoms with Crippen molar-refractivity contribution in [1.82, 2.24) is 5.32 Å². The van der Waals surface area contributed by atoms with Crippen molar-refractivity contribution < 1.29 is 4.39 Å². The van der Waals surface area contributed by atoms with E-state index >= 15 is 0 Å². The molecule has 17 heavy (non-hydrogen) atoms. The molecule has 3 N–H and O–H groups in total. The maximum Gasteiger partial charge on any atom is 0.188 e. The van der Waals surface area contributed by atoms with Gasteiger partial charge in [0.25, 0.3) is 0 Å². The summed E-state index contributed by atoms with van der Waals surface area (Å²) in [4.78, 5) is 4.20. The molecule has 0 spiro atoms. The second-order valence-electron chi connectivity index (χ2n) is 4.07. The van der Waals surface area contributed by atoms with E-state index in [-0.39, 0.29) is 5.82 Å². The van der Waals surface area contributed by atoms with Crippen molar-refractivity contribution in [2.45, 2.75) is 33.2 Å². The quantitative estimate of drug-likeness (QED) is 0.469. The number of nitrogens with one attached hydrogen (secondary N) is 1. The standard InChI is InChI=1S/C13H20FN3/c1-3-4-7-16-13(15)17-9-11-5-6-12(14)10(2)8-11/h5-6,8H,3-4,7,9H2,1-2H3,(H3,15,16,17). The van der Waals surface area contributed by atoms with Crippen LogP contribution in [0.4, 0.5) is 4.39 Å². The normalized spacial score (nSPS) is 11.6. The van der Waals surface area contributed by atoms with E-state index in [9.17, 15) is 4.39 Å². The number of unbranched alkanes of at least 4 members (excludes halogenated alkanes) is 1. The Labute approximate surface area is 102 Å². The summed E-state index contributed by atoms with van der Waals surface area (Å²) in [5, 5.41) is 3.03. The smallest absolute Gasteiger partial charge is 0.188 e. The second-order valence-corrected chi connectivity index (χ2v) is 4.07. The van der Waals surface area contributed by atoms with Crippen LogP contribution in [-0.2, 0) is 6.54 Å². The Morgan fingerprint density at radius 2 is 2.24 bits per heavy atom. The number of aliphatic imine (C=N–C) groups is 1. The van der Waals surface area contributed by atoms with Gasteiger partial charge in [-0.25, -0.2) is 9.38 Å². The Morgan fingerprint density at radius 3 is 2.88 bits per heavy atom. The Bertz CT molecular complexity index is 388. The molecule has 0 fully saturated rings. The third-order valence-corrected chi connectivity index (χ3v) is 2.49. The first-order valence-electron chi connectivity index (χ1n) is 5.92. The fourth-order valence-corrected chi connectivity index (χ4v) is 1.43. The average Bonchev–Trinajstić information content (AvgIpc) is 2.31. The van der Waals surface area contributed by atoms with Gasteiger partial charge in [0.05, 0.1) is 6.54 Å². The highest BCUT2D eigenvalue weighted by Gasteiger charge is 1.98. The molecule has 1 aromatic carbocycles. The van der Waals surface area contributed by atoms with Gasteiger partial charge < -0.3 is 11.1 Å². The molecule has 0 amide bonds. The number of hydrogen-bond acceptors (Lipinski definition) is 1. The maximum atomic E-state index is 13.0. The zero-order valence-corrected chi connectivity index (χ0v) is 10.5. The summed E-state index contributed by atoms with van der Waals surface area (Å²) in [7, 11) is 0. The van der Waals surface area contributed by atoms with Crippen molar-refractivity contribution in [3.8, 4) is 0 Å². The number of nitrogens with two attached hydrogens (primary N) is 1. The summed E-state index contributed by atoms with van der Waals surface area (Å²) >= 11 is 0. The van der Waals surface area contributed by atoms with Crippen LogP contribution in [0.2, 0.25) is 0 Å². The number of guanidine groups is 1. The number of aryl methyl sites for hydroxylation is 1. The second kappa shape index (κ2) is 6.89. The first kappa shape index (κ1) is 13.5. The predicted molar refractivity (Wildman–Crippen MR) is 69.4 cm³/mol. The van der Waals surface area contributed by atoms with E-state index in [2.05, 4.69) is 17.2 Å². The molecule has 0 saturated heterocycles. The van der Waals surface area contributed by atoms with Gasteiger partial charge in [0, 0.05) is 6.54 Å². The third-order valence-electron chi connectivity index (χ3n) is 2.49. The molecule has 3 nitrogen and oxygen atoms in total. The molecule has 0 radical (unpaired) electrons. The maximum absolute atomic E-state index is 13.0. The molecule has 0 aliphatic rings. The first-order valence-corrected chi connectivity index (χ1v) is 5.92. The monoisotopic (exact) mass is 237 g/mol. The number of nitrogens with zero attached hydrogens (tertiary/aromatic N) is 1. The highest BCUT2D eigenvalue weighted by atomic mass is 19.1. The lowest BCUT2D eigenvalue weighted by atomic mass is 10.1. The molecule has 94 valence electrons. The van der Waals surface area contributed by atoms with Crippen molar-refractivity contribution in [2.75, 3.05) is 6.54 Å². The van der Waals surface area contributed by atoms with Gasteiger partial charge >= 0.3 is 0 Å². The van der Waals surface area contributed by atoms with Gasteiger partial charge in [-0.05, 0) is 30.5 Å². The zero-order valence-electron chi connectivity index (χ0n) is 10.5. The summed E-state index contributed by atoms with van der Waals surface area (Å²) in [6.45, 7) is 5.18. The molecule has 0 saturated carbocycles. The van der Waals surface area contributed by atoms with Crippen molar-refractivity contribution in [3.63, 3.8) is 0 Å². The fraction of sp³-hybridized carbons (Fsp3) is 0.462. The van der Waals surface area contributed by atoms with Crippen molar-refractivity contribution >= 4 is 5.96 Å². The molecule has 0 aliphatic heterocycles. The van der Waals surface area contributed by atoms with E-state index in [1.54, 1.807) is 19.1 Å². The van der Waals surface area contributed by atoms with Crippen LogP contribution in [0, 0.1) is 12.7 Å². The molecule has 1 rings (SSSR count). The molecule has 0 bridgehead atoms. The summed E-state index contributed by atoms with van der Waals surface area (Å²) in [5.41, 5.74) is 7.29. The van der Waals surface area contributed by atoms with E-state index in [1.807, 2.05) is 0 Å². The van der Waals surface area contributed by atoms with Crippen LogP contribution in [0.5, 0.6) is 0 Å². The van der Waals surface area contributed by atoms with E-state index in [1.165, 1.54) is 6.07 Å². The summed E-state index contributed by atoms with van der Waals surface area (Å²) < 4.78 is 13.0. The van der Waals surface area contributed by atoms with Crippen LogP contribution in [0.3, 0.4) is 0 Å². The lowest BCUT2D eigenvalue weighted by Gasteiger charge is -2.05. The minimum Gasteiger partial charge on any atom is -0.370 e. The third kappa shape index (κ3) is 4.85. The van der Waals surface area contributed by atoms with E-state index in [0.717, 1.165) is 24.9 Å². The SMILES string of the molecule is CCCCNC(N)=NCc1ccc(F)c(C)c1. The molecule has 0 aliphatic carbocycles. The van der Waals surface area contributed by atoms with Gasteiger partial charge in [0.1, 0.15) is 5.82 Å². The Hall–Kier alpha value is -1.58. The molecule has 0 heterocycles. The number of halogens is 1. The number of hydrogen-bond donors (Lipinski definition) is 2. The van der Waals surface area contributed by atoms with E-state index in [0.29, 0.717) is 18.1 Å². The first-order chi connectivity index (χ1) is 8.13. The van der Waals surface area contributed by atoms with Crippen molar-refractivity contribution in [2.24, 2.45) is 10.7 Å². The Balaban J connectivity index is 2.48. The lowest BCUT2D eigenvalue weighted by Crippen LogP contribution is -2.32. The minimum absolute atomic E-state index is 0.188. The summed E-state index contributed by atoms with van der Waals surface area (Å²) in [6, 6.07) is 4.98. The van der Waals surface area contributed by atoms with E-state index in [4.69, 9.17) is 5.73 Å². The van der Waals surface area contributed by atoms with Crippen LogP contribution < -0.4 is 11.1 Å². The lowest BCUT2D eigenvalue weighted by molar-refractivity contribution is 0.617. The van der Waals surface area contributed by atoms with Crippen LogP contribution in [-0.4, -0.2) is 12.5 Å². The van der Waals surface area contributed by atoms with Crippen molar-refractivity contribution in [1.29, 1.82) is 0 Å². The molecule has 0 aromatic heterocycles.